The molecule has 6 rings (SSSR count). The highest BCUT2D eigenvalue weighted by Crippen LogP contribution is 2.44. The van der Waals surface area contributed by atoms with Crippen molar-refractivity contribution in [2.45, 2.75) is 21.3 Å². The zero-order valence-electron chi connectivity index (χ0n) is 19.4. The van der Waals surface area contributed by atoms with E-state index in [-0.39, 0.29) is 28.7 Å². The molecule has 0 saturated heterocycles. The lowest BCUT2D eigenvalue weighted by atomic mass is 10.0. The monoisotopic (exact) mass is 588 g/mol. The van der Waals surface area contributed by atoms with E-state index in [9.17, 15) is 9.90 Å². The smallest absolute Gasteiger partial charge is 0.238 e. The van der Waals surface area contributed by atoms with Crippen molar-refractivity contribution in [3.8, 4) is 22.8 Å². The van der Waals surface area contributed by atoms with E-state index in [1.165, 1.54) is 11.8 Å². The second-order valence-electron chi connectivity index (χ2n) is 8.50. The number of hydrogen-bond acceptors (Lipinski definition) is 6. The topological polar surface area (TPSA) is 71.2 Å². The molecule has 2 atom stereocenters. The predicted molar refractivity (Wildman–Crippen MR) is 153 cm³/mol. The Balaban J connectivity index is 1.34. The average Bonchev–Trinajstić information content (AvgIpc) is 3.36. The lowest BCUT2D eigenvalue weighted by Crippen LogP contribution is -2.48. The fourth-order valence-corrected chi connectivity index (χ4v) is 6.94. The number of halogens is 1. The first-order valence-electron chi connectivity index (χ1n) is 11.7. The minimum atomic E-state index is -0.0424. The zero-order chi connectivity index (χ0) is 25.4. The van der Waals surface area contributed by atoms with Crippen LogP contribution in [0.25, 0.3) is 17.1 Å². The van der Waals surface area contributed by atoms with Gasteiger partial charge in [0.05, 0.1) is 28.3 Å². The number of thioether (sulfide) groups is 2. The number of benzene rings is 3. The number of amides is 1. The van der Waals surface area contributed by atoms with Crippen LogP contribution in [0.5, 0.6) is 5.75 Å². The molecule has 1 amide bonds. The van der Waals surface area contributed by atoms with E-state index in [4.69, 9.17) is 0 Å². The van der Waals surface area contributed by atoms with Crippen LogP contribution in [0.1, 0.15) is 0 Å². The van der Waals surface area contributed by atoms with Gasteiger partial charge in [-0.2, -0.15) is 0 Å². The van der Waals surface area contributed by atoms with Crippen molar-refractivity contribution in [1.29, 1.82) is 0 Å². The van der Waals surface area contributed by atoms with Crippen LogP contribution in [0.3, 0.4) is 0 Å². The third kappa shape index (κ3) is 4.63. The molecular formula is C28H21BrN4O2S2. The summed E-state index contributed by atoms with van der Waals surface area (Å²) < 4.78 is 2.70. The number of phenolic OH excluding ortho intramolecular Hbond substituents is 1. The molecule has 0 unspecified atom stereocenters. The molecule has 0 radical (unpaired) electrons. The van der Waals surface area contributed by atoms with Crippen LogP contribution in [0.2, 0.25) is 0 Å². The molecule has 3 aromatic carbocycles. The number of aromatic nitrogens is 3. The highest BCUT2D eigenvalue weighted by Gasteiger charge is 2.36. The van der Waals surface area contributed by atoms with E-state index in [1.54, 1.807) is 23.9 Å². The van der Waals surface area contributed by atoms with Crippen molar-refractivity contribution < 1.29 is 9.90 Å². The molecule has 1 N–H and O–H groups in total. The van der Waals surface area contributed by atoms with Crippen molar-refractivity contribution in [1.82, 2.24) is 14.8 Å². The zero-order valence-corrected chi connectivity index (χ0v) is 22.7. The fourth-order valence-electron chi connectivity index (χ4n) is 4.51. The van der Waals surface area contributed by atoms with Gasteiger partial charge < -0.3 is 10.0 Å². The third-order valence-electron chi connectivity index (χ3n) is 6.18. The van der Waals surface area contributed by atoms with E-state index in [2.05, 4.69) is 44.3 Å². The normalized spacial score (nSPS) is 17.9. The number of allylic oxidation sites excluding steroid dienone is 2. The Hall–Kier alpha value is -3.27. The summed E-state index contributed by atoms with van der Waals surface area (Å²) in [6.45, 7) is 0. The summed E-state index contributed by atoms with van der Waals surface area (Å²) in [5.41, 5.74) is 2.33. The van der Waals surface area contributed by atoms with Gasteiger partial charge in [-0.05, 0) is 42.5 Å². The number of rotatable bonds is 5. The lowest BCUT2D eigenvalue weighted by molar-refractivity contribution is -0.116. The third-order valence-corrected chi connectivity index (χ3v) is 8.90. The first-order chi connectivity index (χ1) is 18.1. The number of aromatic hydroxyl groups is 1. The maximum absolute atomic E-state index is 13.7. The Bertz CT molecular complexity index is 1540. The van der Waals surface area contributed by atoms with Crippen molar-refractivity contribution >= 4 is 51.0 Å². The van der Waals surface area contributed by atoms with E-state index >= 15 is 0 Å². The second-order valence-corrected chi connectivity index (χ2v) is 11.6. The number of nitrogens with zero attached hydrogens (tertiary/aromatic N) is 4. The molecular weight excluding hydrogens is 568 g/mol. The summed E-state index contributed by atoms with van der Waals surface area (Å²) in [5.74, 6) is 0.795. The highest BCUT2D eigenvalue weighted by molar-refractivity contribution is 9.10. The quantitative estimate of drug-likeness (QED) is 0.268. The Kier molecular flexibility index (Phi) is 6.67. The van der Waals surface area contributed by atoms with Crippen molar-refractivity contribution in [3.05, 3.63) is 102 Å². The van der Waals surface area contributed by atoms with Crippen LogP contribution >= 0.6 is 39.5 Å². The fraction of sp³-hybridized carbons (Fsp3) is 0.107. The van der Waals surface area contributed by atoms with Gasteiger partial charge in [0, 0.05) is 15.1 Å². The summed E-state index contributed by atoms with van der Waals surface area (Å²) in [4.78, 5) is 16.8. The van der Waals surface area contributed by atoms with Crippen molar-refractivity contribution in [2.24, 2.45) is 0 Å². The van der Waals surface area contributed by atoms with Crippen molar-refractivity contribution in [3.63, 3.8) is 0 Å². The molecule has 0 spiro atoms. The molecule has 0 bridgehead atoms. The Labute approximate surface area is 231 Å². The molecule has 0 fully saturated rings. The number of fused-ring (bicyclic) bond motifs is 2. The number of para-hydroxylation sites is 2. The predicted octanol–water partition coefficient (Wildman–Crippen LogP) is 6.50. The van der Waals surface area contributed by atoms with Crippen LogP contribution in [0.15, 0.2) is 112 Å². The van der Waals surface area contributed by atoms with Crippen LogP contribution in [0.4, 0.5) is 5.69 Å². The molecule has 184 valence electrons. The van der Waals surface area contributed by atoms with Crippen LogP contribution in [-0.2, 0) is 4.79 Å². The first kappa shape index (κ1) is 24.1. The van der Waals surface area contributed by atoms with Crippen LogP contribution in [-0.4, -0.2) is 42.8 Å². The molecule has 37 heavy (non-hydrogen) atoms. The molecule has 1 aromatic heterocycles. The molecule has 1 aliphatic heterocycles. The van der Waals surface area contributed by atoms with E-state index in [0.717, 1.165) is 20.7 Å². The molecule has 2 heterocycles. The van der Waals surface area contributed by atoms with Crippen LogP contribution in [0, 0.1) is 0 Å². The standard InChI is InChI=1S/C28H21BrN4O2S2/c29-18-14-15-23(34)20(16-18)27-30-31-28(32(27)19-8-2-1-3-9-19)36-17-26(35)33-21-10-4-6-12-24(21)37-25-13-7-5-11-22(25)33/h1-16,21,24,34H,17H2/t21-,24-/m1/s1. The molecule has 2 aliphatic rings. The second kappa shape index (κ2) is 10.2. The molecule has 1 aliphatic carbocycles. The van der Waals surface area contributed by atoms with Gasteiger partial charge >= 0.3 is 0 Å². The highest BCUT2D eigenvalue weighted by atomic mass is 79.9. The maximum Gasteiger partial charge on any atom is 0.238 e. The molecule has 9 heteroatoms. The SMILES string of the molecule is O=C(CSc1nnc(-c2cc(Br)ccc2O)n1-c1ccccc1)N1c2ccccc2S[C@@H]2C=CC=C[C@H]21. The number of anilines is 1. The van der Waals surface area contributed by atoms with Gasteiger partial charge in [-0.1, -0.05) is 82.3 Å². The first-order valence-corrected chi connectivity index (χ1v) is 14.3. The van der Waals surface area contributed by atoms with Gasteiger partial charge in [0.25, 0.3) is 0 Å². The molecule has 0 saturated carbocycles. The number of carbonyl (C=O) groups excluding carboxylic acids is 1. The van der Waals surface area contributed by atoms with Gasteiger partial charge in [-0.25, -0.2) is 0 Å². The number of phenols is 1. The minimum absolute atomic E-state index is 0.00200. The largest absolute Gasteiger partial charge is 0.507 e. The average molecular weight is 590 g/mol. The van der Waals surface area contributed by atoms with Gasteiger partial charge in [-0.15, -0.1) is 22.0 Å². The van der Waals surface area contributed by atoms with E-state index in [0.29, 0.717) is 16.5 Å². The number of hydrogen-bond donors (Lipinski definition) is 1. The molecule has 4 aromatic rings. The van der Waals surface area contributed by atoms with Gasteiger partial charge in [0.2, 0.25) is 5.91 Å². The van der Waals surface area contributed by atoms with E-state index < -0.39 is 0 Å². The van der Waals surface area contributed by atoms with Gasteiger partial charge in [0.15, 0.2) is 11.0 Å². The summed E-state index contributed by atoms with van der Waals surface area (Å²) in [5, 5.41) is 20.2. The minimum Gasteiger partial charge on any atom is -0.507 e. The van der Waals surface area contributed by atoms with Gasteiger partial charge in [-0.3, -0.25) is 9.36 Å². The van der Waals surface area contributed by atoms with Crippen LogP contribution < -0.4 is 4.90 Å². The summed E-state index contributed by atoms with van der Waals surface area (Å²) in [6.07, 6.45) is 8.30. The molecule has 6 nitrogen and oxygen atoms in total. The lowest BCUT2D eigenvalue weighted by Gasteiger charge is -2.40. The maximum atomic E-state index is 13.7. The number of carbonyl (C=O) groups is 1. The van der Waals surface area contributed by atoms with Crippen molar-refractivity contribution in [2.75, 3.05) is 10.7 Å². The Morgan fingerprint density at radius 3 is 2.65 bits per heavy atom. The Morgan fingerprint density at radius 2 is 1.78 bits per heavy atom. The Morgan fingerprint density at radius 1 is 1.00 bits per heavy atom. The van der Waals surface area contributed by atoms with E-state index in [1.807, 2.05) is 76.2 Å². The van der Waals surface area contributed by atoms with Gasteiger partial charge in [0.1, 0.15) is 5.75 Å². The summed E-state index contributed by atoms with van der Waals surface area (Å²) in [6, 6.07) is 22.9. The summed E-state index contributed by atoms with van der Waals surface area (Å²) >= 11 is 6.61. The summed E-state index contributed by atoms with van der Waals surface area (Å²) in [7, 11) is 0.